The molecule has 0 aromatic rings. The van der Waals surface area contributed by atoms with Crippen LogP contribution in [0.15, 0.2) is 0 Å². The van der Waals surface area contributed by atoms with Crippen LogP contribution in [0.5, 0.6) is 0 Å². The Morgan fingerprint density at radius 2 is 0.875 bits per heavy atom. The van der Waals surface area contributed by atoms with Crippen molar-refractivity contribution in [1.82, 2.24) is 10.6 Å². The topological polar surface area (TPSA) is 76.7 Å². The predicted molar refractivity (Wildman–Crippen MR) is 217 cm³/mol. The van der Waals surface area contributed by atoms with Gasteiger partial charge in [-0.1, -0.05) is 148 Å². The molecule has 0 unspecified atom stereocenters. The van der Waals surface area contributed by atoms with E-state index in [9.17, 15) is 9.59 Å². The number of nitrogens with one attached hydrogen (secondary N) is 2. The summed E-state index contributed by atoms with van der Waals surface area (Å²) >= 11 is 0. The van der Waals surface area contributed by atoms with Crippen molar-refractivity contribution in [2.24, 2.45) is 0 Å². The van der Waals surface area contributed by atoms with Crippen molar-refractivity contribution >= 4 is 37.0 Å². The standard InChI is InChI=1S/C39H84N2O4Si3/c1-10-11-12-13-14-15-16-17-18-19-20-21-23-26-29-32-35-40-39(43)37(2)41-38(42)34-31-28-25-22-24-27-30-33-36-48(9,44-46(3,4)5)45-47(6,7)8/h37H,10-36H2,1-9H3,(H,40,43)(H,41,42)/t37-/m0/s1. The minimum atomic E-state index is -2.10. The van der Waals surface area contributed by atoms with Crippen LogP contribution in [0.3, 0.4) is 0 Å². The van der Waals surface area contributed by atoms with Crippen LogP contribution in [0.4, 0.5) is 0 Å². The summed E-state index contributed by atoms with van der Waals surface area (Å²) in [4.78, 5) is 24.8. The summed E-state index contributed by atoms with van der Waals surface area (Å²) in [6, 6.07) is 0.642. The first kappa shape index (κ1) is 47.5. The Labute approximate surface area is 303 Å². The molecule has 0 aromatic carbocycles. The first-order chi connectivity index (χ1) is 22.7. The first-order valence-corrected chi connectivity index (χ1v) is 30.0. The minimum absolute atomic E-state index is 0.00616. The molecule has 0 aliphatic carbocycles. The van der Waals surface area contributed by atoms with Gasteiger partial charge in [-0.15, -0.1) is 0 Å². The maximum Gasteiger partial charge on any atom is 0.314 e. The summed E-state index contributed by atoms with van der Waals surface area (Å²) in [5.74, 6) is -0.0697. The zero-order chi connectivity index (χ0) is 36.2. The Kier molecular flexibility index (Phi) is 28.8. The van der Waals surface area contributed by atoms with Gasteiger partial charge in [0.15, 0.2) is 16.6 Å². The minimum Gasteiger partial charge on any atom is -0.437 e. The average molecular weight is 729 g/mol. The lowest BCUT2D eigenvalue weighted by molar-refractivity contribution is -0.128. The molecule has 0 bridgehead atoms. The summed E-state index contributed by atoms with van der Waals surface area (Å²) in [5.41, 5.74) is 0. The van der Waals surface area contributed by atoms with Crippen LogP contribution in [0.1, 0.15) is 174 Å². The Morgan fingerprint density at radius 1 is 0.521 bits per heavy atom. The predicted octanol–water partition coefficient (Wildman–Crippen LogP) is 12.2. The van der Waals surface area contributed by atoms with Crippen molar-refractivity contribution in [2.75, 3.05) is 6.54 Å². The lowest BCUT2D eigenvalue weighted by atomic mass is 10.0. The molecule has 0 saturated heterocycles. The summed E-state index contributed by atoms with van der Waals surface area (Å²) in [6.07, 6.45) is 31.4. The lowest BCUT2D eigenvalue weighted by Gasteiger charge is -2.38. The van der Waals surface area contributed by atoms with Crippen LogP contribution in [0.25, 0.3) is 0 Å². The van der Waals surface area contributed by atoms with Gasteiger partial charge < -0.3 is 18.9 Å². The van der Waals surface area contributed by atoms with E-state index >= 15 is 0 Å². The Morgan fingerprint density at radius 3 is 1.27 bits per heavy atom. The average Bonchev–Trinajstić information content (AvgIpc) is 2.97. The molecule has 0 heterocycles. The van der Waals surface area contributed by atoms with Crippen LogP contribution in [-0.2, 0) is 17.8 Å². The molecular formula is C39H84N2O4Si3. The SMILES string of the molecule is CCCCCCCCCCCCCCCCCCNC(=O)[C@H](C)NC(=O)CCCCCCCCCC[Si](C)(O[Si](C)(C)C)O[Si](C)(C)C. The second-order valence-electron chi connectivity index (χ2n) is 16.8. The van der Waals surface area contributed by atoms with Crippen molar-refractivity contribution in [3.05, 3.63) is 0 Å². The highest BCUT2D eigenvalue weighted by molar-refractivity contribution is 6.87. The normalized spacial score (nSPS) is 13.1. The summed E-state index contributed by atoms with van der Waals surface area (Å²) in [5, 5.41) is 5.90. The number of unbranched alkanes of at least 4 members (excludes halogenated alkanes) is 22. The number of carbonyl (C=O) groups excluding carboxylic acids is 2. The Bertz CT molecular complexity index is 770. The largest absolute Gasteiger partial charge is 0.437 e. The molecule has 9 heteroatoms. The smallest absolute Gasteiger partial charge is 0.314 e. The van der Waals surface area contributed by atoms with E-state index in [1.54, 1.807) is 6.92 Å². The van der Waals surface area contributed by atoms with Crippen LogP contribution in [-0.4, -0.2) is 49.6 Å². The quantitative estimate of drug-likeness (QED) is 0.0511. The van der Waals surface area contributed by atoms with Crippen molar-refractivity contribution in [3.63, 3.8) is 0 Å². The lowest BCUT2D eigenvalue weighted by Crippen LogP contribution is -2.52. The third-order valence-corrected chi connectivity index (χ3v) is 18.5. The van der Waals surface area contributed by atoms with Gasteiger partial charge in [0.2, 0.25) is 11.8 Å². The fraction of sp³-hybridized carbons (Fsp3) is 0.949. The molecule has 0 radical (unpaired) electrons. The maximum atomic E-state index is 12.4. The fourth-order valence-corrected chi connectivity index (χ4v) is 19.2. The first-order valence-electron chi connectivity index (χ1n) is 20.6. The Hall–Kier alpha value is -0.489. The molecule has 0 spiro atoms. The van der Waals surface area contributed by atoms with Gasteiger partial charge in [0.25, 0.3) is 0 Å². The molecule has 286 valence electrons. The third kappa shape index (κ3) is 32.7. The van der Waals surface area contributed by atoms with E-state index < -0.39 is 31.2 Å². The van der Waals surface area contributed by atoms with Crippen molar-refractivity contribution in [3.8, 4) is 0 Å². The molecule has 48 heavy (non-hydrogen) atoms. The fourth-order valence-electron chi connectivity index (χ4n) is 6.63. The van der Waals surface area contributed by atoms with Gasteiger partial charge in [-0.3, -0.25) is 9.59 Å². The van der Waals surface area contributed by atoms with E-state index in [1.165, 1.54) is 135 Å². The molecule has 0 aromatic heterocycles. The number of carbonyl (C=O) groups is 2. The molecule has 0 aliphatic heterocycles. The second-order valence-corrected chi connectivity index (χ2v) is 29.6. The molecule has 0 fully saturated rings. The van der Waals surface area contributed by atoms with Crippen LogP contribution < -0.4 is 10.6 Å². The van der Waals surface area contributed by atoms with Crippen LogP contribution >= 0.6 is 0 Å². The maximum absolute atomic E-state index is 12.4. The van der Waals surface area contributed by atoms with Gasteiger partial charge in [-0.2, -0.15) is 0 Å². The number of rotatable bonds is 34. The zero-order valence-corrected chi connectivity index (χ0v) is 36.8. The highest BCUT2D eigenvalue weighted by Gasteiger charge is 2.39. The molecule has 2 N–H and O–H groups in total. The van der Waals surface area contributed by atoms with E-state index in [0.717, 1.165) is 25.3 Å². The van der Waals surface area contributed by atoms with Gasteiger partial charge >= 0.3 is 8.56 Å². The molecular weight excluding hydrogens is 645 g/mol. The molecule has 6 nitrogen and oxygen atoms in total. The molecule has 1 atom stereocenters. The van der Waals surface area contributed by atoms with E-state index in [-0.39, 0.29) is 11.8 Å². The zero-order valence-electron chi connectivity index (χ0n) is 33.8. The van der Waals surface area contributed by atoms with Gasteiger partial charge in [-0.25, -0.2) is 0 Å². The summed E-state index contributed by atoms with van der Waals surface area (Å²) in [7, 11) is -5.34. The van der Waals surface area contributed by atoms with Gasteiger partial charge in [-0.05, 0) is 71.6 Å². The second kappa shape index (κ2) is 29.1. The Balaban J connectivity index is 3.68. The van der Waals surface area contributed by atoms with E-state index in [4.69, 9.17) is 8.23 Å². The summed E-state index contributed by atoms with van der Waals surface area (Å²) < 4.78 is 13.2. The number of hydrogen-bond acceptors (Lipinski definition) is 4. The van der Waals surface area contributed by atoms with Gasteiger partial charge in [0.05, 0.1) is 0 Å². The monoisotopic (exact) mass is 729 g/mol. The highest BCUT2D eigenvalue weighted by Crippen LogP contribution is 2.26. The molecule has 0 saturated carbocycles. The summed E-state index contributed by atoms with van der Waals surface area (Å²) in [6.45, 7) is 20.7. The number of amides is 2. The van der Waals surface area contributed by atoms with Crippen molar-refractivity contribution < 1.29 is 17.8 Å². The third-order valence-electron chi connectivity index (χ3n) is 8.93. The molecule has 0 aliphatic rings. The van der Waals surface area contributed by atoms with Gasteiger partial charge in [0.1, 0.15) is 6.04 Å². The van der Waals surface area contributed by atoms with Gasteiger partial charge in [0, 0.05) is 13.0 Å². The number of hydrogen-bond donors (Lipinski definition) is 2. The van der Waals surface area contributed by atoms with E-state index in [1.807, 2.05) is 0 Å². The van der Waals surface area contributed by atoms with Crippen LogP contribution in [0.2, 0.25) is 51.9 Å². The van der Waals surface area contributed by atoms with E-state index in [2.05, 4.69) is 63.4 Å². The molecule has 0 rings (SSSR count). The van der Waals surface area contributed by atoms with E-state index in [0.29, 0.717) is 13.0 Å². The highest BCUT2D eigenvalue weighted by atomic mass is 28.5. The van der Waals surface area contributed by atoms with Crippen molar-refractivity contribution in [1.29, 1.82) is 0 Å². The van der Waals surface area contributed by atoms with Crippen molar-refractivity contribution in [2.45, 2.75) is 232 Å². The molecule has 2 amide bonds. The van der Waals surface area contributed by atoms with Crippen LogP contribution in [0, 0.1) is 0 Å².